The van der Waals surface area contributed by atoms with Crippen molar-refractivity contribution in [2.75, 3.05) is 26.5 Å². The first-order chi connectivity index (χ1) is 12.4. The number of rotatable bonds is 9. The molecule has 0 heterocycles. The van der Waals surface area contributed by atoms with Gasteiger partial charge in [0, 0.05) is 19.1 Å². The summed E-state index contributed by atoms with van der Waals surface area (Å²) in [6.45, 7) is 11.0. The van der Waals surface area contributed by atoms with Gasteiger partial charge in [-0.25, -0.2) is 13.1 Å². The fraction of sp³-hybridized carbons (Fsp3) is 0.632. The van der Waals surface area contributed by atoms with Crippen molar-refractivity contribution in [1.29, 1.82) is 0 Å². The second-order valence-corrected chi connectivity index (χ2v) is 9.57. The molecule has 0 saturated heterocycles. The van der Waals surface area contributed by atoms with Gasteiger partial charge in [-0.2, -0.15) is 0 Å². The Bertz CT molecular complexity index is 713. The van der Waals surface area contributed by atoms with E-state index in [1.54, 1.807) is 7.05 Å². The highest BCUT2D eigenvalue weighted by Gasteiger charge is 2.22. The zero-order chi connectivity index (χ0) is 20.7. The van der Waals surface area contributed by atoms with E-state index in [0.29, 0.717) is 25.0 Å². The molecule has 0 fully saturated rings. The molecule has 1 aromatic carbocycles. The molecular formula is C19H34N4O3S. The van der Waals surface area contributed by atoms with E-state index >= 15 is 0 Å². The fourth-order valence-electron chi connectivity index (χ4n) is 2.44. The van der Waals surface area contributed by atoms with Gasteiger partial charge in [-0.05, 0) is 44.4 Å². The van der Waals surface area contributed by atoms with Gasteiger partial charge >= 0.3 is 0 Å². The molecule has 3 N–H and O–H groups in total. The fourth-order valence-corrected chi connectivity index (χ4v) is 3.52. The summed E-state index contributed by atoms with van der Waals surface area (Å²) in [5, 5.41) is 6.47. The average molecular weight is 399 g/mol. The smallest absolute Gasteiger partial charge is 0.209 e. The van der Waals surface area contributed by atoms with Crippen molar-refractivity contribution in [3.05, 3.63) is 29.8 Å². The molecule has 27 heavy (non-hydrogen) atoms. The maximum absolute atomic E-state index is 11.4. The number of aliphatic imine (C=N–C) groups is 1. The van der Waals surface area contributed by atoms with E-state index in [1.165, 1.54) is 0 Å². The lowest BCUT2D eigenvalue weighted by molar-refractivity contribution is 0.271. The predicted molar refractivity (Wildman–Crippen MR) is 112 cm³/mol. The molecule has 0 radical (unpaired) electrons. The quantitative estimate of drug-likeness (QED) is 0.438. The van der Waals surface area contributed by atoms with Gasteiger partial charge in [0.25, 0.3) is 0 Å². The highest BCUT2D eigenvalue weighted by molar-refractivity contribution is 7.88. The summed E-state index contributed by atoms with van der Waals surface area (Å²) >= 11 is 0. The number of guanidine groups is 1. The van der Waals surface area contributed by atoms with Crippen molar-refractivity contribution in [3.8, 4) is 5.75 Å². The van der Waals surface area contributed by atoms with E-state index in [1.807, 2.05) is 45.0 Å². The number of nitrogens with one attached hydrogen (secondary N) is 3. The SMILES string of the molecule is CN=C(NCC(C)(C)NS(C)(=O)=O)NC(C)c1ccc(OCC(C)C)cc1. The maximum atomic E-state index is 11.4. The summed E-state index contributed by atoms with van der Waals surface area (Å²) in [6.07, 6.45) is 1.15. The van der Waals surface area contributed by atoms with Crippen molar-refractivity contribution >= 4 is 16.0 Å². The molecule has 1 atom stereocenters. The van der Waals surface area contributed by atoms with Gasteiger partial charge in [0.1, 0.15) is 5.75 Å². The van der Waals surface area contributed by atoms with Crippen LogP contribution in [0.3, 0.4) is 0 Å². The van der Waals surface area contributed by atoms with E-state index in [-0.39, 0.29) is 6.04 Å². The topological polar surface area (TPSA) is 91.8 Å². The van der Waals surface area contributed by atoms with Crippen LogP contribution >= 0.6 is 0 Å². The van der Waals surface area contributed by atoms with Crippen molar-refractivity contribution in [2.24, 2.45) is 10.9 Å². The Hall–Kier alpha value is -1.80. The zero-order valence-corrected chi connectivity index (χ0v) is 18.3. The Labute approximate surface area is 164 Å². The lowest BCUT2D eigenvalue weighted by Crippen LogP contribution is -2.53. The van der Waals surface area contributed by atoms with Gasteiger partial charge in [-0.1, -0.05) is 26.0 Å². The van der Waals surface area contributed by atoms with E-state index in [0.717, 1.165) is 17.6 Å². The van der Waals surface area contributed by atoms with Crippen LogP contribution in [0.1, 0.15) is 46.2 Å². The highest BCUT2D eigenvalue weighted by atomic mass is 32.2. The number of nitrogens with zero attached hydrogens (tertiary/aromatic N) is 1. The third-order valence-corrected chi connectivity index (χ3v) is 4.62. The van der Waals surface area contributed by atoms with E-state index < -0.39 is 15.6 Å². The number of hydrogen-bond donors (Lipinski definition) is 3. The molecule has 1 unspecified atom stereocenters. The van der Waals surface area contributed by atoms with Crippen LogP contribution in [0.2, 0.25) is 0 Å². The standard InChI is InChI=1S/C19H34N4O3S/c1-14(2)12-26-17-10-8-16(9-11-17)15(3)22-18(20-6)21-13-19(4,5)23-27(7,24)25/h8-11,14-15,23H,12-13H2,1-7H3,(H2,20,21,22). The molecule has 7 nitrogen and oxygen atoms in total. The third-order valence-electron chi connectivity index (χ3n) is 3.70. The molecule has 0 aliphatic carbocycles. The molecule has 0 aliphatic heterocycles. The van der Waals surface area contributed by atoms with Gasteiger partial charge in [-0.3, -0.25) is 4.99 Å². The molecule has 1 rings (SSSR count). The first-order valence-corrected chi connectivity index (χ1v) is 11.0. The molecule has 0 amide bonds. The number of sulfonamides is 1. The third kappa shape index (κ3) is 9.63. The van der Waals surface area contributed by atoms with Gasteiger partial charge in [0.05, 0.1) is 18.9 Å². The van der Waals surface area contributed by atoms with Crippen LogP contribution in [-0.4, -0.2) is 46.4 Å². The number of hydrogen-bond acceptors (Lipinski definition) is 4. The van der Waals surface area contributed by atoms with Crippen LogP contribution in [-0.2, 0) is 10.0 Å². The molecule has 0 aromatic heterocycles. The van der Waals surface area contributed by atoms with Gasteiger partial charge in [0.15, 0.2) is 5.96 Å². The molecule has 8 heteroatoms. The summed E-state index contributed by atoms with van der Waals surface area (Å²) < 4.78 is 31.2. The first-order valence-electron chi connectivity index (χ1n) is 9.11. The Morgan fingerprint density at radius 2 is 1.78 bits per heavy atom. The maximum Gasteiger partial charge on any atom is 0.209 e. The van der Waals surface area contributed by atoms with Gasteiger partial charge in [-0.15, -0.1) is 0 Å². The van der Waals surface area contributed by atoms with E-state index in [4.69, 9.17) is 4.74 Å². The zero-order valence-electron chi connectivity index (χ0n) is 17.5. The summed E-state index contributed by atoms with van der Waals surface area (Å²) in [6, 6.07) is 8.00. The first kappa shape index (κ1) is 23.2. The summed E-state index contributed by atoms with van der Waals surface area (Å²) in [4.78, 5) is 4.21. The number of ether oxygens (including phenoxy) is 1. The van der Waals surface area contributed by atoms with Crippen LogP contribution in [0.5, 0.6) is 5.75 Å². The van der Waals surface area contributed by atoms with Crippen LogP contribution in [0.25, 0.3) is 0 Å². The normalized spacial score (nSPS) is 14.1. The molecular weight excluding hydrogens is 364 g/mol. The van der Waals surface area contributed by atoms with Crippen molar-refractivity contribution < 1.29 is 13.2 Å². The van der Waals surface area contributed by atoms with Crippen molar-refractivity contribution in [3.63, 3.8) is 0 Å². The molecule has 0 bridgehead atoms. The summed E-state index contributed by atoms with van der Waals surface area (Å²) in [5.74, 6) is 1.95. The van der Waals surface area contributed by atoms with Crippen LogP contribution in [0, 0.1) is 5.92 Å². The van der Waals surface area contributed by atoms with E-state index in [2.05, 4.69) is 34.2 Å². The Balaban J connectivity index is 2.61. The average Bonchev–Trinajstić information content (AvgIpc) is 2.54. The molecule has 0 aliphatic rings. The molecule has 1 aromatic rings. The minimum Gasteiger partial charge on any atom is -0.493 e. The monoisotopic (exact) mass is 398 g/mol. The molecule has 0 spiro atoms. The number of benzene rings is 1. The Morgan fingerprint density at radius 1 is 1.19 bits per heavy atom. The predicted octanol–water partition coefficient (Wildman–Crippen LogP) is 2.28. The van der Waals surface area contributed by atoms with Crippen molar-refractivity contribution in [1.82, 2.24) is 15.4 Å². The van der Waals surface area contributed by atoms with Crippen LogP contribution in [0.4, 0.5) is 0 Å². The Morgan fingerprint density at radius 3 is 2.26 bits per heavy atom. The minimum atomic E-state index is -3.28. The molecule has 154 valence electrons. The Kier molecular flexibility index (Phi) is 8.56. The van der Waals surface area contributed by atoms with Crippen molar-refractivity contribution in [2.45, 2.75) is 46.2 Å². The largest absolute Gasteiger partial charge is 0.493 e. The minimum absolute atomic E-state index is 0.0290. The van der Waals surface area contributed by atoms with Gasteiger partial charge in [0.2, 0.25) is 10.0 Å². The molecule has 0 saturated carbocycles. The summed E-state index contributed by atoms with van der Waals surface area (Å²) in [5.41, 5.74) is 0.465. The lowest BCUT2D eigenvalue weighted by atomic mass is 10.1. The highest BCUT2D eigenvalue weighted by Crippen LogP contribution is 2.18. The second-order valence-electron chi connectivity index (χ2n) is 7.82. The van der Waals surface area contributed by atoms with Gasteiger partial charge < -0.3 is 15.4 Å². The summed E-state index contributed by atoms with van der Waals surface area (Å²) in [7, 11) is -1.60. The lowest BCUT2D eigenvalue weighted by Gasteiger charge is -2.27. The van der Waals surface area contributed by atoms with E-state index in [9.17, 15) is 8.42 Å². The van der Waals surface area contributed by atoms with Crippen LogP contribution in [0.15, 0.2) is 29.3 Å². The van der Waals surface area contributed by atoms with Crippen LogP contribution < -0.4 is 20.1 Å². The second kappa shape index (κ2) is 9.94.